The summed E-state index contributed by atoms with van der Waals surface area (Å²) in [5.74, 6) is 0.733. The molecule has 1 fully saturated rings. The second-order valence-corrected chi connectivity index (χ2v) is 5.89. The number of hydrogen-bond acceptors (Lipinski definition) is 3. The maximum absolute atomic E-state index is 12.3. The SMILES string of the molecule is NC1CCCN(C(=O)COc2ccccc2-c2ccccc2)C1. The van der Waals surface area contributed by atoms with Gasteiger partial charge in [0.25, 0.3) is 5.91 Å². The van der Waals surface area contributed by atoms with Crippen molar-refractivity contribution in [1.82, 2.24) is 4.90 Å². The number of piperidine rings is 1. The Labute approximate surface area is 136 Å². The molecular weight excluding hydrogens is 288 g/mol. The van der Waals surface area contributed by atoms with Gasteiger partial charge in [0.2, 0.25) is 0 Å². The molecule has 2 aromatic carbocycles. The van der Waals surface area contributed by atoms with E-state index in [2.05, 4.69) is 0 Å². The Bertz CT molecular complexity index is 657. The minimum Gasteiger partial charge on any atom is -0.483 e. The molecule has 0 aromatic heterocycles. The zero-order valence-corrected chi connectivity index (χ0v) is 13.2. The van der Waals surface area contributed by atoms with Crippen LogP contribution in [0.3, 0.4) is 0 Å². The molecule has 4 nitrogen and oxygen atoms in total. The highest BCUT2D eigenvalue weighted by Gasteiger charge is 2.21. The van der Waals surface area contributed by atoms with Crippen LogP contribution in [-0.4, -0.2) is 36.5 Å². The van der Waals surface area contributed by atoms with Crippen molar-refractivity contribution in [2.45, 2.75) is 18.9 Å². The number of para-hydroxylation sites is 1. The van der Waals surface area contributed by atoms with E-state index in [0.717, 1.165) is 36.3 Å². The van der Waals surface area contributed by atoms with E-state index in [4.69, 9.17) is 10.5 Å². The number of ether oxygens (including phenoxy) is 1. The smallest absolute Gasteiger partial charge is 0.260 e. The van der Waals surface area contributed by atoms with Gasteiger partial charge in [0.05, 0.1) is 0 Å². The highest BCUT2D eigenvalue weighted by atomic mass is 16.5. The Morgan fingerprint density at radius 3 is 2.65 bits per heavy atom. The lowest BCUT2D eigenvalue weighted by Crippen LogP contribution is -2.47. The summed E-state index contributed by atoms with van der Waals surface area (Å²) in [5, 5.41) is 0. The van der Waals surface area contributed by atoms with Crippen LogP contribution in [0.4, 0.5) is 0 Å². The lowest BCUT2D eigenvalue weighted by molar-refractivity contribution is -0.134. The third kappa shape index (κ3) is 3.90. The number of nitrogens with zero attached hydrogens (tertiary/aromatic N) is 1. The molecular formula is C19H22N2O2. The van der Waals surface area contributed by atoms with Gasteiger partial charge in [-0.2, -0.15) is 0 Å². The number of carbonyl (C=O) groups excluding carboxylic acids is 1. The average Bonchev–Trinajstić information content (AvgIpc) is 2.60. The van der Waals surface area contributed by atoms with E-state index in [1.54, 1.807) is 4.90 Å². The molecule has 1 atom stereocenters. The van der Waals surface area contributed by atoms with Gasteiger partial charge >= 0.3 is 0 Å². The number of rotatable bonds is 4. The summed E-state index contributed by atoms with van der Waals surface area (Å²) in [6.45, 7) is 1.45. The summed E-state index contributed by atoms with van der Waals surface area (Å²) in [5.41, 5.74) is 8.01. The van der Waals surface area contributed by atoms with Gasteiger partial charge in [0.1, 0.15) is 5.75 Å². The maximum Gasteiger partial charge on any atom is 0.260 e. The monoisotopic (exact) mass is 310 g/mol. The van der Waals surface area contributed by atoms with E-state index in [1.165, 1.54) is 0 Å². The van der Waals surface area contributed by atoms with Crippen LogP contribution in [-0.2, 0) is 4.79 Å². The maximum atomic E-state index is 12.3. The first-order chi connectivity index (χ1) is 11.2. The summed E-state index contributed by atoms with van der Waals surface area (Å²) >= 11 is 0. The van der Waals surface area contributed by atoms with E-state index in [1.807, 2.05) is 54.6 Å². The molecule has 1 heterocycles. The van der Waals surface area contributed by atoms with Gasteiger partial charge in [0.15, 0.2) is 6.61 Å². The molecule has 0 radical (unpaired) electrons. The normalized spacial score (nSPS) is 17.8. The number of hydrogen-bond donors (Lipinski definition) is 1. The van der Waals surface area contributed by atoms with E-state index >= 15 is 0 Å². The lowest BCUT2D eigenvalue weighted by atomic mass is 10.0. The molecule has 3 rings (SSSR count). The summed E-state index contributed by atoms with van der Waals surface area (Å²) in [7, 11) is 0. The van der Waals surface area contributed by atoms with Crippen LogP contribution < -0.4 is 10.5 Å². The third-order valence-corrected chi connectivity index (χ3v) is 4.13. The summed E-state index contributed by atoms with van der Waals surface area (Å²) in [4.78, 5) is 14.1. The van der Waals surface area contributed by atoms with Crippen LogP contribution in [0.1, 0.15) is 12.8 Å². The molecule has 0 bridgehead atoms. The van der Waals surface area contributed by atoms with Crippen molar-refractivity contribution in [3.63, 3.8) is 0 Å². The summed E-state index contributed by atoms with van der Waals surface area (Å²) < 4.78 is 5.81. The van der Waals surface area contributed by atoms with Gasteiger partial charge in [-0.15, -0.1) is 0 Å². The largest absolute Gasteiger partial charge is 0.483 e. The number of benzene rings is 2. The molecule has 2 N–H and O–H groups in total. The highest BCUT2D eigenvalue weighted by Crippen LogP contribution is 2.29. The molecule has 1 amide bonds. The lowest BCUT2D eigenvalue weighted by Gasteiger charge is -2.30. The molecule has 1 saturated heterocycles. The number of likely N-dealkylation sites (tertiary alicyclic amines) is 1. The summed E-state index contributed by atoms with van der Waals surface area (Å²) in [6.07, 6.45) is 1.95. The predicted molar refractivity (Wildman–Crippen MR) is 91.2 cm³/mol. The average molecular weight is 310 g/mol. The van der Waals surface area contributed by atoms with Gasteiger partial charge < -0.3 is 15.4 Å². The Hall–Kier alpha value is -2.33. The standard InChI is InChI=1S/C19H22N2O2/c20-16-9-6-12-21(13-16)19(22)14-23-18-11-5-4-10-17(18)15-7-2-1-3-8-15/h1-5,7-8,10-11,16H,6,9,12-14,20H2. The first kappa shape index (κ1) is 15.6. The Kier molecular flexibility index (Phi) is 4.93. The van der Waals surface area contributed by atoms with Crippen molar-refractivity contribution < 1.29 is 9.53 Å². The van der Waals surface area contributed by atoms with Crippen molar-refractivity contribution >= 4 is 5.91 Å². The van der Waals surface area contributed by atoms with Crippen molar-refractivity contribution in [3.05, 3.63) is 54.6 Å². The molecule has 0 aliphatic carbocycles. The molecule has 23 heavy (non-hydrogen) atoms. The molecule has 1 aliphatic rings. The van der Waals surface area contributed by atoms with Crippen LogP contribution in [0.25, 0.3) is 11.1 Å². The topological polar surface area (TPSA) is 55.6 Å². The first-order valence-corrected chi connectivity index (χ1v) is 8.04. The van der Waals surface area contributed by atoms with Gasteiger partial charge in [-0.05, 0) is 24.5 Å². The van der Waals surface area contributed by atoms with Gasteiger partial charge in [-0.25, -0.2) is 0 Å². The quantitative estimate of drug-likeness (QED) is 0.944. The van der Waals surface area contributed by atoms with Gasteiger partial charge in [0, 0.05) is 24.7 Å². The Balaban J connectivity index is 1.68. The predicted octanol–water partition coefficient (Wildman–Crippen LogP) is 2.68. The van der Waals surface area contributed by atoms with E-state index in [9.17, 15) is 4.79 Å². The molecule has 1 aliphatic heterocycles. The molecule has 2 aromatic rings. The van der Waals surface area contributed by atoms with Crippen molar-refractivity contribution in [3.8, 4) is 16.9 Å². The van der Waals surface area contributed by atoms with Gasteiger partial charge in [-0.1, -0.05) is 48.5 Å². The molecule has 0 spiro atoms. The van der Waals surface area contributed by atoms with E-state index in [0.29, 0.717) is 6.54 Å². The molecule has 1 unspecified atom stereocenters. The molecule has 0 saturated carbocycles. The molecule has 4 heteroatoms. The van der Waals surface area contributed by atoms with Crippen LogP contribution in [0.2, 0.25) is 0 Å². The van der Waals surface area contributed by atoms with E-state index < -0.39 is 0 Å². The van der Waals surface area contributed by atoms with Gasteiger partial charge in [-0.3, -0.25) is 4.79 Å². The second-order valence-electron chi connectivity index (χ2n) is 5.89. The fraction of sp³-hybridized carbons (Fsp3) is 0.316. The second kappa shape index (κ2) is 7.29. The fourth-order valence-corrected chi connectivity index (χ4v) is 2.92. The number of nitrogens with two attached hydrogens (primary N) is 1. The van der Waals surface area contributed by atoms with Crippen molar-refractivity contribution in [2.24, 2.45) is 5.73 Å². The number of carbonyl (C=O) groups is 1. The first-order valence-electron chi connectivity index (χ1n) is 8.04. The van der Waals surface area contributed by atoms with Crippen LogP contribution in [0.5, 0.6) is 5.75 Å². The van der Waals surface area contributed by atoms with Crippen LogP contribution in [0, 0.1) is 0 Å². The van der Waals surface area contributed by atoms with Crippen molar-refractivity contribution in [1.29, 1.82) is 0 Å². The minimum absolute atomic E-state index is 0.00279. The van der Waals surface area contributed by atoms with E-state index in [-0.39, 0.29) is 18.6 Å². The number of amides is 1. The van der Waals surface area contributed by atoms with Crippen LogP contribution in [0.15, 0.2) is 54.6 Å². The van der Waals surface area contributed by atoms with Crippen LogP contribution >= 0.6 is 0 Å². The highest BCUT2D eigenvalue weighted by molar-refractivity contribution is 5.78. The fourth-order valence-electron chi connectivity index (χ4n) is 2.92. The van der Waals surface area contributed by atoms with Crippen molar-refractivity contribution in [2.75, 3.05) is 19.7 Å². The Morgan fingerprint density at radius 1 is 1.13 bits per heavy atom. The zero-order valence-electron chi connectivity index (χ0n) is 13.2. The Morgan fingerprint density at radius 2 is 1.87 bits per heavy atom. The summed E-state index contributed by atoms with van der Waals surface area (Å²) in [6, 6.07) is 17.9. The third-order valence-electron chi connectivity index (χ3n) is 4.13. The molecule has 120 valence electrons. The zero-order chi connectivity index (χ0) is 16.1. The minimum atomic E-state index is 0.00279.